The molecule has 4 nitrogen and oxygen atoms in total. The van der Waals surface area contributed by atoms with Gasteiger partial charge in [-0.05, 0) is 12.8 Å². The van der Waals surface area contributed by atoms with E-state index in [4.69, 9.17) is 9.05 Å². The van der Waals surface area contributed by atoms with Gasteiger partial charge in [0, 0.05) is 0 Å². The predicted octanol–water partition coefficient (Wildman–Crippen LogP) is 13.5. The van der Waals surface area contributed by atoms with E-state index < -0.39 is 7.82 Å². The van der Waals surface area contributed by atoms with Crippen molar-refractivity contribution in [2.45, 2.75) is 219 Å². The fraction of sp³-hybridized carbons (Fsp3) is 1.00. The van der Waals surface area contributed by atoms with Gasteiger partial charge in [0.05, 0.1) is 13.2 Å². The topological polar surface area (TPSA) is 55.8 Å². The molecule has 0 aliphatic heterocycles. The van der Waals surface area contributed by atoms with Crippen LogP contribution in [0.3, 0.4) is 0 Å². The Morgan fingerprint density at radius 3 is 0.738 bits per heavy atom. The molecule has 1 N–H and O–H groups in total. The zero-order valence-corrected chi connectivity index (χ0v) is 32.0. The van der Waals surface area contributed by atoms with E-state index in [1.54, 1.807) is 0 Å². The van der Waals surface area contributed by atoms with Crippen LogP contribution in [0.1, 0.15) is 222 Å². The predicted molar refractivity (Wildman–Crippen MR) is 189 cm³/mol. The summed E-state index contributed by atoms with van der Waals surface area (Å²) in [5.74, 6) is 0. The van der Waals surface area contributed by atoms with Crippen LogP contribution < -0.4 is 0 Å². The Bertz CT molecular complexity index is 504. The van der Waals surface area contributed by atoms with E-state index in [9.17, 15) is 9.46 Å². The first-order chi connectivity index (χ1) is 20.1. The summed E-state index contributed by atoms with van der Waals surface area (Å²) < 4.78 is 22.4. The Balaban J connectivity index is -0.00000267. The van der Waals surface area contributed by atoms with E-state index in [2.05, 4.69) is 13.8 Å². The third-order valence-electron chi connectivity index (χ3n) is 8.50. The van der Waals surface area contributed by atoms with Gasteiger partial charge < -0.3 is 7.75 Å². The third kappa shape index (κ3) is 39.4. The van der Waals surface area contributed by atoms with E-state index in [-0.39, 0.29) is 40.6 Å². The summed E-state index contributed by atoms with van der Waals surface area (Å²) in [7, 11) is -3.87. The van der Waals surface area contributed by atoms with Gasteiger partial charge in [0.15, 0.2) is 0 Å². The molecule has 0 saturated heterocycles. The maximum absolute atomic E-state index is 12.0. The summed E-state index contributed by atoms with van der Waals surface area (Å²) in [5, 5.41) is 0. The smallest absolute Gasteiger partial charge is 1.00 e. The molecule has 0 rings (SSSR count). The molecule has 0 heterocycles. The normalized spacial score (nSPS) is 11.7. The average Bonchev–Trinajstić information content (AvgIpc) is 2.96. The Morgan fingerprint density at radius 1 is 0.381 bits per heavy atom. The van der Waals surface area contributed by atoms with Crippen molar-refractivity contribution in [3.05, 3.63) is 0 Å². The summed E-state index contributed by atoms with van der Waals surface area (Å²) in [4.78, 5) is 9.88. The molecule has 0 spiro atoms. The van der Waals surface area contributed by atoms with Crippen molar-refractivity contribution in [1.29, 1.82) is 0 Å². The van der Waals surface area contributed by atoms with Crippen LogP contribution in [-0.2, 0) is 13.6 Å². The van der Waals surface area contributed by atoms with Crippen molar-refractivity contribution in [2.75, 3.05) is 13.2 Å². The number of unbranched alkanes of at least 4 members (excludes halogenated alkanes) is 30. The van der Waals surface area contributed by atoms with E-state index >= 15 is 0 Å². The van der Waals surface area contributed by atoms with Gasteiger partial charge in [-0.3, -0.25) is 9.05 Å². The van der Waals surface area contributed by atoms with Crippen molar-refractivity contribution in [2.24, 2.45) is 0 Å². The monoisotopic (exact) mass is 645 g/mol. The number of hydrogen-bond acceptors (Lipinski definition) is 3. The molecule has 0 aromatic carbocycles. The van der Waals surface area contributed by atoms with Gasteiger partial charge in [0.2, 0.25) is 0 Å². The molecule has 0 aliphatic carbocycles. The van der Waals surface area contributed by atoms with Crippen LogP contribution in [0.15, 0.2) is 0 Å². The Labute approximate surface area is 297 Å². The molecule has 252 valence electrons. The number of hydrogen-bond donors (Lipinski definition) is 1. The molecule has 0 aromatic rings. The van der Waals surface area contributed by atoms with Crippen molar-refractivity contribution in [3.63, 3.8) is 0 Å². The van der Waals surface area contributed by atoms with E-state index in [1.165, 1.54) is 180 Å². The van der Waals surface area contributed by atoms with Crippen LogP contribution in [0, 0.1) is 0 Å². The zero-order valence-electron chi connectivity index (χ0n) is 30.9. The van der Waals surface area contributed by atoms with Gasteiger partial charge in [-0.2, -0.15) is 0 Å². The fourth-order valence-corrected chi connectivity index (χ4v) is 6.49. The molecule has 0 aromatic heterocycles. The Hall–Kier alpha value is 1.37. The summed E-state index contributed by atoms with van der Waals surface area (Å²) in [6.07, 6.45) is 42.2. The van der Waals surface area contributed by atoms with Gasteiger partial charge in [0.25, 0.3) is 0 Å². The van der Waals surface area contributed by atoms with Crippen molar-refractivity contribution < 1.29 is 21.4 Å². The second-order valence-corrected chi connectivity index (χ2v) is 14.2. The Morgan fingerprint density at radius 2 is 0.548 bits per heavy atom. The molecule has 0 aliphatic rings. The zero-order chi connectivity index (χ0) is 30.0. The first-order valence-electron chi connectivity index (χ1n) is 18.7. The van der Waals surface area contributed by atoms with Crippen LogP contribution in [0.5, 0.6) is 0 Å². The van der Waals surface area contributed by atoms with Crippen molar-refractivity contribution in [3.8, 4) is 0 Å². The van der Waals surface area contributed by atoms with Gasteiger partial charge in [-0.15, -0.1) is 0 Å². The molecule has 0 fully saturated rings. The SMILES string of the molecule is CCCCCCCCCCCCCCCCCCOP(=O)(O)OCCCCCCCCCCCCCCCCCC.[Ca+2].[H-].[H-]. The summed E-state index contributed by atoms with van der Waals surface area (Å²) in [6.45, 7) is 5.21. The maximum Gasteiger partial charge on any atom is 2.00 e. The fourth-order valence-electron chi connectivity index (χ4n) is 5.70. The van der Waals surface area contributed by atoms with Crippen LogP contribution in [0.4, 0.5) is 0 Å². The molecular weight excluding hydrogens is 567 g/mol. The molecule has 0 saturated carbocycles. The van der Waals surface area contributed by atoms with Crippen molar-refractivity contribution >= 4 is 45.6 Å². The first kappa shape index (κ1) is 45.5. The van der Waals surface area contributed by atoms with E-state index in [0.717, 1.165) is 25.7 Å². The molecule has 0 bridgehead atoms. The van der Waals surface area contributed by atoms with E-state index in [0.29, 0.717) is 13.2 Å². The van der Waals surface area contributed by atoms with E-state index in [1.807, 2.05) is 0 Å². The minimum atomic E-state index is -3.87. The Kier molecular flexibility index (Phi) is 41.8. The number of phosphoric ester groups is 1. The van der Waals surface area contributed by atoms with Crippen LogP contribution in [0.2, 0.25) is 0 Å². The van der Waals surface area contributed by atoms with Gasteiger partial charge in [0.1, 0.15) is 0 Å². The molecule has 42 heavy (non-hydrogen) atoms. The minimum absolute atomic E-state index is 0. The van der Waals surface area contributed by atoms with Crippen LogP contribution >= 0.6 is 7.82 Å². The second kappa shape index (κ2) is 38.6. The van der Waals surface area contributed by atoms with Gasteiger partial charge >= 0.3 is 45.6 Å². The number of rotatable bonds is 36. The summed E-state index contributed by atoms with van der Waals surface area (Å²) >= 11 is 0. The minimum Gasteiger partial charge on any atom is -1.00 e. The molecule has 6 heteroatoms. The molecule has 0 amide bonds. The third-order valence-corrected chi connectivity index (χ3v) is 9.52. The van der Waals surface area contributed by atoms with Crippen LogP contribution in [0.25, 0.3) is 0 Å². The second-order valence-electron chi connectivity index (χ2n) is 12.7. The van der Waals surface area contributed by atoms with Crippen LogP contribution in [-0.4, -0.2) is 55.8 Å². The summed E-state index contributed by atoms with van der Waals surface area (Å²) in [5.41, 5.74) is 0. The quantitative estimate of drug-likeness (QED) is 0.0419. The molecular formula is C36H77CaO4P. The number of phosphoric acid groups is 1. The first-order valence-corrected chi connectivity index (χ1v) is 20.2. The van der Waals surface area contributed by atoms with Gasteiger partial charge in [-0.1, -0.05) is 206 Å². The molecule has 0 atom stereocenters. The average molecular weight is 645 g/mol. The standard InChI is InChI=1S/C36H75O4P.Ca.2H/c1-3-5-7-9-11-13-15-17-19-21-23-25-27-29-31-33-35-39-41(37,38)40-36-34-32-30-28-26-24-22-20-18-16-14-12-10-8-6-4-2;;;/h3-36H2,1-2H3,(H,37,38);;;/q;+2;2*-1. The molecule has 0 unspecified atom stereocenters. The summed E-state index contributed by atoms with van der Waals surface area (Å²) in [6, 6.07) is 0. The molecule has 0 radical (unpaired) electrons. The van der Waals surface area contributed by atoms with Crippen molar-refractivity contribution in [1.82, 2.24) is 0 Å². The van der Waals surface area contributed by atoms with Gasteiger partial charge in [-0.25, -0.2) is 4.57 Å². The largest absolute Gasteiger partial charge is 2.00 e. The maximum atomic E-state index is 12.0.